The lowest BCUT2D eigenvalue weighted by Crippen LogP contribution is -2.13. The van der Waals surface area contributed by atoms with Gasteiger partial charge in [-0.3, -0.25) is 4.79 Å². The van der Waals surface area contributed by atoms with E-state index in [4.69, 9.17) is 0 Å². The smallest absolute Gasteiger partial charge is 0.303 e. The summed E-state index contributed by atoms with van der Waals surface area (Å²) in [5, 5.41) is 0. The lowest BCUT2D eigenvalue weighted by Gasteiger charge is -1.99. The number of aromatic amines is 1. The third kappa shape index (κ3) is 1.99. The van der Waals surface area contributed by atoms with E-state index >= 15 is 0 Å². The van der Waals surface area contributed by atoms with Crippen molar-refractivity contribution in [3.8, 4) is 11.3 Å². The van der Waals surface area contributed by atoms with Crippen molar-refractivity contribution in [2.24, 2.45) is 0 Å². The predicted octanol–water partition coefficient (Wildman–Crippen LogP) is 1.25. The third-order valence-corrected chi connectivity index (χ3v) is 1.96. The van der Waals surface area contributed by atoms with E-state index < -0.39 is 5.69 Å². The van der Waals surface area contributed by atoms with Gasteiger partial charge in [-0.05, 0) is 6.07 Å². The van der Waals surface area contributed by atoms with Crippen LogP contribution in [0.5, 0.6) is 0 Å². The molecule has 1 aromatic carbocycles. The molecule has 1 aromatic heterocycles. The fourth-order valence-corrected chi connectivity index (χ4v) is 1.30. The van der Waals surface area contributed by atoms with Crippen LogP contribution in [-0.4, -0.2) is 16.3 Å². The summed E-state index contributed by atoms with van der Waals surface area (Å²) in [6, 6.07) is 10.8. The van der Waals surface area contributed by atoms with E-state index in [1.54, 1.807) is 6.07 Å². The zero-order chi connectivity index (χ0) is 10.7. The Morgan fingerprint density at radius 1 is 1.20 bits per heavy atom. The second-order valence-electron chi connectivity index (χ2n) is 3.01. The van der Waals surface area contributed by atoms with Gasteiger partial charge in [0.1, 0.15) is 0 Å². The number of carbonyl (C=O) groups excluding carboxylic acids is 1. The maximum Gasteiger partial charge on any atom is 0.346 e. The second kappa shape index (κ2) is 3.88. The normalized spacial score (nSPS) is 9.87. The van der Waals surface area contributed by atoms with Gasteiger partial charge in [-0.15, -0.1) is 0 Å². The van der Waals surface area contributed by atoms with Gasteiger partial charge in [0.15, 0.2) is 6.29 Å². The first-order valence-corrected chi connectivity index (χ1v) is 4.41. The van der Waals surface area contributed by atoms with E-state index in [9.17, 15) is 9.59 Å². The highest BCUT2D eigenvalue weighted by atomic mass is 16.1. The Hall–Kier alpha value is -2.23. The van der Waals surface area contributed by atoms with Crippen LogP contribution in [0.2, 0.25) is 0 Å². The van der Waals surface area contributed by atoms with E-state index in [0.29, 0.717) is 12.0 Å². The lowest BCUT2D eigenvalue weighted by atomic mass is 10.1. The molecule has 0 fully saturated rings. The average molecular weight is 200 g/mol. The number of aromatic nitrogens is 2. The molecule has 1 heterocycles. The fourth-order valence-electron chi connectivity index (χ4n) is 1.30. The van der Waals surface area contributed by atoms with Gasteiger partial charge in [0.05, 0.1) is 11.4 Å². The van der Waals surface area contributed by atoms with Crippen molar-refractivity contribution in [3.63, 3.8) is 0 Å². The average Bonchev–Trinajstić information content (AvgIpc) is 2.29. The molecule has 0 aliphatic carbocycles. The molecular formula is C11H8N2O2. The number of nitrogens with one attached hydrogen (secondary N) is 1. The van der Waals surface area contributed by atoms with Crippen molar-refractivity contribution in [1.82, 2.24) is 9.97 Å². The van der Waals surface area contributed by atoms with Gasteiger partial charge in [0.2, 0.25) is 0 Å². The molecule has 1 N–H and O–H groups in total. The Bertz CT molecular complexity index is 532. The topological polar surface area (TPSA) is 62.8 Å². The second-order valence-corrected chi connectivity index (χ2v) is 3.01. The maximum atomic E-state index is 11.1. The molecule has 2 rings (SSSR count). The number of hydrogen-bond acceptors (Lipinski definition) is 3. The summed E-state index contributed by atoms with van der Waals surface area (Å²) >= 11 is 0. The summed E-state index contributed by atoms with van der Waals surface area (Å²) < 4.78 is 0. The molecule has 0 aliphatic rings. The van der Waals surface area contributed by atoms with Crippen LogP contribution in [0.3, 0.4) is 0 Å². The first-order chi connectivity index (χ1) is 7.29. The number of nitrogens with zero attached hydrogens (tertiary/aromatic N) is 1. The van der Waals surface area contributed by atoms with Crippen molar-refractivity contribution in [3.05, 3.63) is 52.6 Å². The number of benzene rings is 1. The molecule has 0 saturated heterocycles. The van der Waals surface area contributed by atoms with Crippen LogP contribution >= 0.6 is 0 Å². The molecule has 0 saturated carbocycles. The Balaban J connectivity index is 2.59. The van der Waals surface area contributed by atoms with Gasteiger partial charge in [-0.25, -0.2) is 4.79 Å². The Morgan fingerprint density at radius 2 is 1.93 bits per heavy atom. The van der Waals surface area contributed by atoms with Crippen LogP contribution in [-0.2, 0) is 0 Å². The summed E-state index contributed by atoms with van der Waals surface area (Å²) in [5.74, 6) is 0. The van der Waals surface area contributed by atoms with E-state index in [0.717, 1.165) is 5.56 Å². The largest absolute Gasteiger partial charge is 0.346 e. The van der Waals surface area contributed by atoms with Crippen molar-refractivity contribution in [2.45, 2.75) is 0 Å². The third-order valence-electron chi connectivity index (χ3n) is 1.96. The first-order valence-electron chi connectivity index (χ1n) is 4.41. The molecule has 4 heteroatoms. The molecule has 0 atom stereocenters. The van der Waals surface area contributed by atoms with Gasteiger partial charge < -0.3 is 4.98 Å². The quantitative estimate of drug-likeness (QED) is 0.742. The molecule has 2 aromatic rings. The van der Waals surface area contributed by atoms with E-state index in [1.165, 1.54) is 0 Å². The number of hydrogen-bond donors (Lipinski definition) is 1. The minimum Gasteiger partial charge on any atom is -0.303 e. The summed E-state index contributed by atoms with van der Waals surface area (Å²) in [6.07, 6.45) is 0.593. The fraction of sp³-hybridized carbons (Fsp3) is 0. The first kappa shape index (κ1) is 9.33. The van der Waals surface area contributed by atoms with Crippen LogP contribution in [0.25, 0.3) is 11.3 Å². The molecular weight excluding hydrogens is 192 g/mol. The number of H-pyrrole nitrogens is 1. The lowest BCUT2D eigenvalue weighted by molar-refractivity contribution is 0.111. The Labute approximate surface area is 85.6 Å². The maximum absolute atomic E-state index is 11.1. The Kier molecular flexibility index (Phi) is 2.41. The van der Waals surface area contributed by atoms with Crippen LogP contribution < -0.4 is 5.69 Å². The SMILES string of the molecule is O=Cc1cc(-c2ccccc2)nc(=O)[nH]1. The van der Waals surface area contributed by atoms with Crippen molar-refractivity contribution in [2.75, 3.05) is 0 Å². The molecule has 0 amide bonds. The van der Waals surface area contributed by atoms with Crippen LogP contribution in [0.15, 0.2) is 41.2 Å². The van der Waals surface area contributed by atoms with Gasteiger partial charge in [0.25, 0.3) is 0 Å². The van der Waals surface area contributed by atoms with Crippen molar-refractivity contribution < 1.29 is 4.79 Å². The molecule has 4 nitrogen and oxygen atoms in total. The van der Waals surface area contributed by atoms with E-state index in [1.807, 2.05) is 30.3 Å². The van der Waals surface area contributed by atoms with Crippen LogP contribution in [0.4, 0.5) is 0 Å². The number of aldehydes is 1. The summed E-state index contributed by atoms with van der Waals surface area (Å²) in [4.78, 5) is 27.8. The molecule has 0 unspecified atom stereocenters. The van der Waals surface area contributed by atoms with Gasteiger partial charge in [-0.2, -0.15) is 4.98 Å². The number of rotatable bonds is 2. The van der Waals surface area contributed by atoms with Crippen LogP contribution in [0.1, 0.15) is 10.5 Å². The molecule has 0 radical (unpaired) electrons. The Morgan fingerprint density at radius 3 is 2.60 bits per heavy atom. The standard InChI is InChI=1S/C11H8N2O2/c14-7-9-6-10(13-11(15)12-9)8-4-2-1-3-5-8/h1-7H,(H,12,13,15). The van der Waals surface area contributed by atoms with Gasteiger partial charge >= 0.3 is 5.69 Å². The van der Waals surface area contributed by atoms with Crippen molar-refractivity contribution >= 4 is 6.29 Å². The minimum atomic E-state index is -0.515. The zero-order valence-corrected chi connectivity index (χ0v) is 7.81. The van der Waals surface area contributed by atoms with Gasteiger partial charge in [-0.1, -0.05) is 30.3 Å². The summed E-state index contributed by atoms with van der Waals surface area (Å²) in [5.41, 5.74) is 1.03. The van der Waals surface area contributed by atoms with E-state index in [2.05, 4.69) is 9.97 Å². The highest BCUT2D eigenvalue weighted by Gasteiger charge is 2.01. The molecule has 0 aliphatic heterocycles. The summed E-state index contributed by atoms with van der Waals surface area (Å²) in [7, 11) is 0. The zero-order valence-electron chi connectivity index (χ0n) is 7.81. The van der Waals surface area contributed by atoms with E-state index in [-0.39, 0.29) is 5.69 Å². The minimum absolute atomic E-state index is 0.230. The van der Waals surface area contributed by atoms with Gasteiger partial charge in [0, 0.05) is 5.56 Å². The monoisotopic (exact) mass is 200 g/mol. The van der Waals surface area contributed by atoms with Crippen LogP contribution in [0, 0.1) is 0 Å². The highest BCUT2D eigenvalue weighted by Crippen LogP contribution is 2.14. The summed E-state index contributed by atoms with van der Waals surface area (Å²) in [6.45, 7) is 0. The van der Waals surface area contributed by atoms with Crippen molar-refractivity contribution in [1.29, 1.82) is 0 Å². The molecule has 74 valence electrons. The number of carbonyl (C=O) groups is 1. The highest BCUT2D eigenvalue weighted by molar-refractivity contribution is 5.74. The predicted molar refractivity (Wildman–Crippen MR) is 55.7 cm³/mol. The molecule has 15 heavy (non-hydrogen) atoms. The molecule has 0 spiro atoms. The molecule has 0 bridgehead atoms.